The number of hydrogen-bond acceptors (Lipinski definition) is 6. The molecule has 3 aromatic carbocycles. The van der Waals surface area contributed by atoms with Gasteiger partial charge in [0.25, 0.3) is 6.01 Å². The van der Waals surface area contributed by atoms with Crippen molar-refractivity contribution in [3.05, 3.63) is 71.8 Å². The molecule has 0 aliphatic heterocycles. The molecule has 1 saturated carbocycles. The number of aromatic amines is 1. The Hall–Kier alpha value is -3.86. The summed E-state index contributed by atoms with van der Waals surface area (Å²) in [5.74, 6) is -2.67. The monoisotopic (exact) mass is 566 g/mol. The highest BCUT2D eigenvalue weighted by atomic mass is 19.1. The van der Waals surface area contributed by atoms with Crippen molar-refractivity contribution < 1.29 is 38.0 Å². The fourth-order valence-electron chi connectivity index (χ4n) is 5.06. The first-order valence-corrected chi connectivity index (χ1v) is 13.7. The second kappa shape index (κ2) is 13.2. The maximum Gasteiger partial charge on any atom is 0.306 e. The van der Waals surface area contributed by atoms with E-state index in [1.807, 2.05) is 36.4 Å². The highest BCUT2D eigenvalue weighted by molar-refractivity contribution is 5.84. The Labute approximate surface area is 235 Å². The first-order chi connectivity index (χ1) is 19.9. The second-order valence-corrected chi connectivity index (χ2v) is 10.1. The Morgan fingerprint density at radius 3 is 2.20 bits per heavy atom. The summed E-state index contributed by atoms with van der Waals surface area (Å²) in [6.45, 7) is 1.58. The molecule has 0 radical (unpaired) electrons. The van der Waals surface area contributed by atoms with Crippen molar-refractivity contribution in [2.75, 3.05) is 26.4 Å². The fraction of sp³-hybridized carbons (Fsp3) is 0.355. The highest BCUT2D eigenvalue weighted by Gasteiger charge is 2.28. The Morgan fingerprint density at radius 2 is 1.54 bits per heavy atom. The SMILES string of the molecule is O=C(O)[C@H]1CC[C@H](Oc2nc3c(F)c(-c4ccc(-c5ccc(COCCOCCO)cc5)cc4)c(F)cc3[nH]2)CC1. The number of hydrogen-bond donors (Lipinski definition) is 3. The van der Waals surface area contributed by atoms with Crippen LogP contribution in [0.4, 0.5) is 8.78 Å². The van der Waals surface area contributed by atoms with Gasteiger partial charge in [0.1, 0.15) is 17.4 Å². The topological polar surface area (TPSA) is 114 Å². The number of aliphatic hydroxyl groups is 1. The summed E-state index contributed by atoms with van der Waals surface area (Å²) in [5, 5.41) is 17.9. The Balaban J connectivity index is 1.25. The number of fused-ring (bicyclic) bond motifs is 1. The van der Waals surface area contributed by atoms with E-state index in [4.69, 9.17) is 19.3 Å². The molecule has 1 heterocycles. The first kappa shape index (κ1) is 28.7. The summed E-state index contributed by atoms with van der Waals surface area (Å²) < 4.78 is 47.2. The van der Waals surface area contributed by atoms with Crippen LogP contribution in [0.2, 0.25) is 0 Å². The molecule has 1 fully saturated rings. The molecule has 41 heavy (non-hydrogen) atoms. The summed E-state index contributed by atoms with van der Waals surface area (Å²) in [7, 11) is 0. The number of carboxylic acid groups (broad SMARTS) is 1. The highest BCUT2D eigenvalue weighted by Crippen LogP contribution is 2.34. The Morgan fingerprint density at radius 1 is 0.902 bits per heavy atom. The smallest absolute Gasteiger partial charge is 0.306 e. The molecule has 216 valence electrons. The number of imidazole rings is 1. The number of halogens is 2. The largest absolute Gasteiger partial charge is 0.481 e. The third-order valence-electron chi connectivity index (χ3n) is 7.29. The quantitative estimate of drug-likeness (QED) is 0.188. The van der Waals surface area contributed by atoms with E-state index in [1.54, 1.807) is 12.1 Å². The third kappa shape index (κ3) is 6.90. The van der Waals surface area contributed by atoms with E-state index in [0.29, 0.717) is 57.7 Å². The first-order valence-electron chi connectivity index (χ1n) is 13.7. The summed E-state index contributed by atoms with van der Waals surface area (Å²) in [6.07, 6.45) is 1.89. The van der Waals surface area contributed by atoms with Gasteiger partial charge in [-0.3, -0.25) is 4.79 Å². The summed E-state index contributed by atoms with van der Waals surface area (Å²) >= 11 is 0. The number of aliphatic carboxylic acids is 1. The molecule has 0 spiro atoms. The van der Waals surface area contributed by atoms with Crippen molar-refractivity contribution in [1.82, 2.24) is 9.97 Å². The summed E-state index contributed by atoms with van der Waals surface area (Å²) in [4.78, 5) is 18.3. The second-order valence-electron chi connectivity index (χ2n) is 10.1. The predicted octanol–water partition coefficient (Wildman–Crippen LogP) is 5.72. The lowest BCUT2D eigenvalue weighted by molar-refractivity contribution is -0.143. The van der Waals surface area contributed by atoms with E-state index >= 15 is 8.78 Å². The maximum atomic E-state index is 15.5. The zero-order valence-electron chi connectivity index (χ0n) is 22.4. The Bertz CT molecular complexity index is 1460. The van der Waals surface area contributed by atoms with Crippen LogP contribution in [0.25, 0.3) is 33.3 Å². The Kier molecular flexibility index (Phi) is 9.23. The van der Waals surface area contributed by atoms with Gasteiger partial charge in [0, 0.05) is 6.07 Å². The lowest BCUT2D eigenvalue weighted by Gasteiger charge is -2.25. The van der Waals surface area contributed by atoms with E-state index in [1.165, 1.54) is 6.07 Å². The number of ether oxygens (including phenoxy) is 3. The summed E-state index contributed by atoms with van der Waals surface area (Å²) in [5.41, 5.74) is 3.24. The van der Waals surface area contributed by atoms with Crippen LogP contribution in [0.3, 0.4) is 0 Å². The molecule has 8 nitrogen and oxygen atoms in total. The molecule has 1 aliphatic carbocycles. The maximum absolute atomic E-state index is 15.5. The number of carboxylic acids is 1. The molecule has 10 heteroatoms. The molecule has 0 saturated heterocycles. The number of rotatable bonds is 12. The van der Waals surface area contributed by atoms with Gasteiger partial charge in [-0.2, -0.15) is 4.98 Å². The number of nitrogens with one attached hydrogen (secondary N) is 1. The van der Waals surface area contributed by atoms with E-state index in [2.05, 4.69) is 9.97 Å². The van der Waals surface area contributed by atoms with Crippen molar-refractivity contribution in [2.45, 2.75) is 38.4 Å². The molecule has 1 aromatic heterocycles. The van der Waals surface area contributed by atoms with Crippen molar-refractivity contribution in [2.24, 2.45) is 5.92 Å². The van der Waals surface area contributed by atoms with Crippen molar-refractivity contribution in [3.8, 4) is 28.3 Å². The van der Waals surface area contributed by atoms with Gasteiger partial charge in [-0.15, -0.1) is 0 Å². The average molecular weight is 567 g/mol. The molecular formula is C31H32F2N2O6. The van der Waals surface area contributed by atoms with E-state index < -0.39 is 17.6 Å². The number of H-pyrrole nitrogens is 1. The molecular weight excluding hydrogens is 534 g/mol. The molecule has 0 bridgehead atoms. The van der Waals surface area contributed by atoms with Gasteiger partial charge in [-0.1, -0.05) is 48.5 Å². The van der Waals surface area contributed by atoms with Gasteiger partial charge in [-0.05, 0) is 47.9 Å². The zero-order chi connectivity index (χ0) is 28.8. The number of aromatic nitrogens is 2. The fourth-order valence-corrected chi connectivity index (χ4v) is 5.06. The molecule has 3 N–H and O–H groups in total. The van der Waals surface area contributed by atoms with Crippen LogP contribution >= 0.6 is 0 Å². The van der Waals surface area contributed by atoms with Gasteiger partial charge in [0.05, 0.1) is 50.0 Å². The molecule has 0 amide bonds. The average Bonchev–Trinajstić information content (AvgIpc) is 3.38. The van der Waals surface area contributed by atoms with E-state index in [-0.39, 0.29) is 41.2 Å². The van der Waals surface area contributed by atoms with Crippen LogP contribution in [-0.2, 0) is 20.9 Å². The molecule has 5 rings (SSSR count). The normalized spacial score (nSPS) is 17.1. The predicted molar refractivity (Wildman–Crippen MR) is 148 cm³/mol. The minimum absolute atomic E-state index is 0.0114. The number of benzene rings is 3. The van der Waals surface area contributed by atoms with Gasteiger partial charge >= 0.3 is 5.97 Å². The van der Waals surface area contributed by atoms with Crippen LogP contribution in [-0.4, -0.2) is 58.7 Å². The van der Waals surface area contributed by atoms with Gasteiger partial charge in [0.15, 0.2) is 5.82 Å². The van der Waals surface area contributed by atoms with E-state index in [9.17, 15) is 9.90 Å². The number of nitrogens with zero attached hydrogens (tertiary/aromatic N) is 1. The molecule has 0 atom stereocenters. The van der Waals surface area contributed by atoms with Gasteiger partial charge < -0.3 is 29.4 Å². The molecule has 0 unspecified atom stereocenters. The summed E-state index contributed by atoms with van der Waals surface area (Å²) in [6, 6.07) is 16.1. The van der Waals surface area contributed by atoms with Gasteiger partial charge in [0.2, 0.25) is 0 Å². The van der Waals surface area contributed by atoms with Crippen molar-refractivity contribution >= 4 is 17.0 Å². The van der Waals surface area contributed by atoms with Gasteiger partial charge in [-0.25, -0.2) is 8.78 Å². The minimum atomic E-state index is -0.803. The third-order valence-corrected chi connectivity index (χ3v) is 7.29. The van der Waals surface area contributed by atoms with Crippen molar-refractivity contribution in [1.29, 1.82) is 0 Å². The number of carbonyl (C=O) groups is 1. The molecule has 4 aromatic rings. The molecule has 1 aliphatic rings. The van der Waals surface area contributed by atoms with Crippen molar-refractivity contribution in [3.63, 3.8) is 0 Å². The minimum Gasteiger partial charge on any atom is -0.481 e. The lowest BCUT2D eigenvalue weighted by Crippen LogP contribution is -2.28. The van der Waals surface area contributed by atoms with Crippen LogP contribution < -0.4 is 4.74 Å². The lowest BCUT2D eigenvalue weighted by atomic mass is 9.87. The number of aliphatic hydroxyl groups excluding tert-OH is 1. The van der Waals surface area contributed by atoms with Crippen LogP contribution in [0.15, 0.2) is 54.6 Å². The van der Waals surface area contributed by atoms with Crippen LogP contribution in [0.5, 0.6) is 6.01 Å². The van der Waals surface area contributed by atoms with Crippen LogP contribution in [0.1, 0.15) is 31.2 Å². The van der Waals surface area contributed by atoms with Crippen LogP contribution in [0, 0.1) is 17.6 Å². The zero-order valence-corrected chi connectivity index (χ0v) is 22.4. The standard InChI is InChI=1S/C31H32F2N2O6/c32-25-17-26-29(35-31(34-26)41-24-11-9-23(10-12-24)30(37)38)28(33)27(25)22-7-5-21(6-8-22)20-3-1-19(2-4-20)18-40-16-15-39-14-13-36/h1-8,17,23-24,36H,9-16,18H2,(H,34,35)(H,37,38)/t23-,24-. The van der Waals surface area contributed by atoms with E-state index in [0.717, 1.165) is 16.7 Å².